The van der Waals surface area contributed by atoms with Crippen LogP contribution in [-0.4, -0.2) is 24.8 Å². The summed E-state index contributed by atoms with van der Waals surface area (Å²) in [4.78, 5) is 5.36. The van der Waals surface area contributed by atoms with Gasteiger partial charge in [-0.2, -0.15) is 4.98 Å². The summed E-state index contributed by atoms with van der Waals surface area (Å²) < 4.78 is 1.84. The lowest BCUT2D eigenvalue weighted by atomic mass is 10.1. The van der Waals surface area contributed by atoms with Gasteiger partial charge in [0.1, 0.15) is 0 Å². The number of aryl methyl sites for hydroxylation is 1. The van der Waals surface area contributed by atoms with E-state index in [1.54, 1.807) is 11.3 Å². The van der Waals surface area contributed by atoms with Crippen molar-refractivity contribution < 1.29 is 0 Å². The lowest BCUT2D eigenvalue weighted by Gasteiger charge is -2.03. The van der Waals surface area contributed by atoms with E-state index < -0.39 is 0 Å². The molecular weight excluding hydrogens is 368 g/mol. The van der Waals surface area contributed by atoms with Crippen molar-refractivity contribution >= 4 is 28.1 Å². The molecule has 5 rings (SSSR count). The van der Waals surface area contributed by atoms with Crippen LogP contribution in [0.1, 0.15) is 5.56 Å². The van der Waals surface area contributed by atoms with Crippen LogP contribution in [0.15, 0.2) is 72.1 Å². The number of aromatic nitrogens is 5. The molecule has 3 aromatic heterocycles. The van der Waals surface area contributed by atoms with Crippen LogP contribution in [0.4, 0.5) is 11.8 Å². The number of fused-ring (bicyclic) bond motifs is 1. The quantitative estimate of drug-likeness (QED) is 0.474. The first kappa shape index (κ1) is 16.6. The molecule has 0 amide bonds. The second-order valence-electron chi connectivity index (χ2n) is 6.41. The van der Waals surface area contributed by atoms with Crippen molar-refractivity contribution in [2.24, 2.45) is 0 Å². The maximum Gasteiger partial charge on any atom is 0.249 e. The Morgan fingerprint density at radius 2 is 1.68 bits per heavy atom. The number of nitrogens with zero attached hydrogens (tertiary/aromatic N) is 5. The summed E-state index contributed by atoms with van der Waals surface area (Å²) in [6, 6.07) is 22.2. The summed E-state index contributed by atoms with van der Waals surface area (Å²) in [7, 11) is 0. The average molecular weight is 384 g/mol. The molecule has 5 aromatic rings. The highest BCUT2D eigenvalue weighted by Gasteiger charge is 2.12. The van der Waals surface area contributed by atoms with Gasteiger partial charge in [-0.3, -0.25) is 0 Å². The molecule has 2 aromatic carbocycles. The van der Waals surface area contributed by atoms with Crippen LogP contribution in [0.2, 0.25) is 0 Å². The third-order valence-electron chi connectivity index (χ3n) is 4.40. The topological polar surface area (TPSA) is 68.0 Å². The number of hydrogen-bond acceptors (Lipinski definition) is 6. The summed E-state index contributed by atoms with van der Waals surface area (Å²) in [6.07, 6.45) is 0. The summed E-state index contributed by atoms with van der Waals surface area (Å²) >= 11 is 1.55. The molecular formula is C21H16N6S. The van der Waals surface area contributed by atoms with E-state index in [1.165, 1.54) is 5.56 Å². The van der Waals surface area contributed by atoms with Crippen LogP contribution in [0.3, 0.4) is 0 Å². The predicted octanol–water partition coefficient (Wildman–Crippen LogP) is 4.97. The molecule has 0 saturated carbocycles. The number of thiazole rings is 1. The zero-order chi connectivity index (χ0) is 18.9. The van der Waals surface area contributed by atoms with Gasteiger partial charge in [-0.25, -0.2) is 4.52 Å². The molecule has 0 aliphatic carbocycles. The third kappa shape index (κ3) is 3.12. The predicted molar refractivity (Wildman–Crippen MR) is 112 cm³/mol. The van der Waals surface area contributed by atoms with E-state index in [0.29, 0.717) is 11.8 Å². The first-order valence-electron chi connectivity index (χ1n) is 8.84. The molecule has 0 aliphatic heterocycles. The highest BCUT2D eigenvalue weighted by molar-refractivity contribution is 7.15. The second kappa shape index (κ2) is 6.86. The van der Waals surface area contributed by atoms with Crippen molar-refractivity contribution in [1.82, 2.24) is 24.8 Å². The minimum atomic E-state index is 0.501. The van der Waals surface area contributed by atoms with Crippen LogP contribution in [0, 0.1) is 6.92 Å². The van der Waals surface area contributed by atoms with Crippen molar-refractivity contribution in [2.75, 3.05) is 5.32 Å². The number of benzene rings is 2. The smallest absolute Gasteiger partial charge is 0.249 e. The normalized spacial score (nSPS) is 11.0. The van der Waals surface area contributed by atoms with Crippen LogP contribution in [-0.2, 0) is 0 Å². The maximum atomic E-state index is 4.57. The Morgan fingerprint density at radius 1 is 0.857 bits per heavy atom. The van der Waals surface area contributed by atoms with Gasteiger partial charge in [0.25, 0.3) is 0 Å². The van der Waals surface area contributed by atoms with Crippen molar-refractivity contribution in [3.8, 4) is 22.5 Å². The number of nitrogens with one attached hydrogen (secondary N) is 1. The fourth-order valence-corrected chi connectivity index (χ4v) is 3.76. The summed E-state index contributed by atoms with van der Waals surface area (Å²) in [5.74, 6) is 1.11. The van der Waals surface area contributed by atoms with E-state index in [2.05, 4.69) is 62.2 Å². The van der Waals surface area contributed by atoms with Gasteiger partial charge in [0, 0.05) is 16.5 Å². The van der Waals surface area contributed by atoms with Crippen molar-refractivity contribution in [3.63, 3.8) is 0 Å². The largest absolute Gasteiger partial charge is 0.306 e. The first-order valence-corrected chi connectivity index (χ1v) is 9.72. The molecule has 0 spiro atoms. The van der Waals surface area contributed by atoms with Gasteiger partial charge in [-0.1, -0.05) is 60.2 Å². The minimum Gasteiger partial charge on any atom is -0.306 e. The molecule has 7 heteroatoms. The standard InChI is InChI=1S/C21H16N6S/c1-14-7-9-15(10-8-14)17-11-12-19(25-24-17)22-20-23-21-27(26-20)18(13-28-21)16-5-3-2-4-6-16/h2-13H,1H3,(H,22,25,26). The molecule has 136 valence electrons. The average Bonchev–Trinajstić information content (AvgIpc) is 3.30. The highest BCUT2D eigenvalue weighted by atomic mass is 32.1. The van der Waals surface area contributed by atoms with Gasteiger partial charge in [-0.05, 0) is 19.1 Å². The van der Waals surface area contributed by atoms with Gasteiger partial charge >= 0.3 is 0 Å². The van der Waals surface area contributed by atoms with Crippen molar-refractivity contribution in [3.05, 3.63) is 77.7 Å². The Labute approximate surface area is 165 Å². The lowest BCUT2D eigenvalue weighted by molar-refractivity contribution is 0.980. The van der Waals surface area contributed by atoms with Crippen LogP contribution in [0.5, 0.6) is 0 Å². The minimum absolute atomic E-state index is 0.501. The Balaban J connectivity index is 1.39. The Hall–Kier alpha value is -3.58. The van der Waals surface area contributed by atoms with Crippen LogP contribution < -0.4 is 5.32 Å². The Bertz CT molecular complexity index is 1220. The molecule has 0 fully saturated rings. The second-order valence-corrected chi connectivity index (χ2v) is 7.25. The molecule has 0 saturated heterocycles. The summed E-state index contributed by atoms with van der Waals surface area (Å²) in [5.41, 5.74) is 5.21. The fourth-order valence-electron chi connectivity index (χ4n) is 2.93. The van der Waals surface area contributed by atoms with E-state index in [0.717, 1.165) is 27.5 Å². The van der Waals surface area contributed by atoms with E-state index in [1.807, 2.05) is 47.0 Å². The molecule has 0 atom stereocenters. The fraction of sp³-hybridized carbons (Fsp3) is 0.0476. The lowest BCUT2D eigenvalue weighted by Crippen LogP contribution is -1.98. The Morgan fingerprint density at radius 3 is 2.43 bits per heavy atom. The zero-order valence-electron chi connectivity index (χ0n) is 15.1. The number of rotatable bonds is 4. The van der Waals surface area contributed by atoms with E-state index in [9.17, 15) is 0 Å². The van der Waals surface area contributed by atoms with Crippen LogP contribution >= 0.6 is 11.3 Å². The van der Waals surface area contributed by atoms with Gasteiger partial charge in [0.05, 0.1) is 11.4 Å². The van der Waals surface area contributed by atoms with E-state index in [-0.39, 0.29) is 0 Å². The molecule has 6 nitrogen and oxygen atoms in total. The molecule has 0 bridgehead atoms. The number of hydrogen-bond donors (Lipinski definition) is 1. The SMILES string of the molecule is Cc1ccc(-c2ccc(Nc3nc4scc(-c5ccccc5)n4n3)nn2)cc1. The molecule has 0 radical (unpaired) electrons. The summed E-state index contributed by atoms with van der Waals surface area (Å²) in [5, 5.41) is 18.3. The maximum absolute atomic E-state index is 4.57. The van der Waals surface area contributed by atoms with Gasteiger partial charge in [0.2, 0.25) is 10.9 Å². The third-order valence-corrected chi connectivity index (χ3v) is 5.22. The molecule has 28 heavy (non-hydrogen) atoms. The Kier molecular flexibility index (Phi) is 4.06. The van der Waals surface area contributed by atoms with E-state index >= 15 is 0 Å². The van der Waals surface area contributed by atoms with Crippen LogP contribution in [0.25, 0.3) is 27.5 Å². The first-order chi connectivity index (χ1) is 13.8. The van der Waals surface area contributed by atoms with E-state index in [4.69, 9.17) is 0 Å². The van der Waals surface area contributed by atoms with Crippen molar-refractivity contribution in [1.29, 1.82) is 0 Å². The summed E-state index contributed by atoms with van der Waals surface area (Å²) in [6.45, 7) is 2.06. The highest BCUT2D eigenvalue weighted by Crippen LogP contribution is 2.26. The molecule has 1 N–H and O–H groups in total. The monoisotopic (exact) mass is 384 g/mol. The molecule has 0 unspecified atom stereocenters. The molecule has 0 aliphatic rings. The van der Waals surface area contributed by atoms with Crippen molar-refractivity contribution in [2.45, 2.75) is 6.92 Å². The van der Waals surface area contributed by atoms with Gasteiger partial charge in [0.15, 0.2) is 5.82 Å². The van der Waals surface area contributed by atoms with Gasteiger partial charge in [-0.15, -0.1) is 26.6 Å². The number of anilines is 2. The zero-order valence-corrected chi connectivity index (χ0v) is 15.9. The molecule has 3 heterocycles. The van der Waals surface area contributed by atoms with Gasteiger partial charge < -0.3 is 5.32 Å².